The van der Waals surface area contributed by atoms with Crippen molar-refractivity contribution in [2.24, 2.45) is 5.16 Å². The van der Waals surface area contributed by atoms with E-state index in [9.17, 15) is 27.5 Å². The molecular weight excluding hydrogens is 444 g/mol. The molecule has 10 heteroatoms. The van der Waals surface area contributed by atoms with E-state index in [1.807, 2.05) is 6.92 Å². The highest BCUT2D eigenvalue weighted by atomic mass is 19.4. The van der Waals surface area contributed by atoms with Crippen LogP contribution >= 0.6 is 0 Å². The average Bonchev–Trinajstić information content (AvgIpc) is 2.76. The van der Waals surface area contributed by atoms with Gasteiger partial charge in [-0.05, 0) is 43.0 Å². The number of aromatic nitrogens is 1. The Labute approximate surface area is 187 Å². The highest BCUT2D eigenvalue weighted by molar-refractivity contribution is 6.23. The highest BCUT2D eigenvalue weighted by Gasteiger charge is 2.33. The molecule has 0 aliphatic heterocycles. The summed E-state index contributed by atoms with van der Waals surface area (Å²) in [6.07, 6.45) is -3.41. The molecule has 1 unspecified atom stereocenters. The largest absolute Gasteiger partial charge is 0.511 e. The molecular formula is C23H22F4N2O4. The van der Waals surface area contributed by atoms with Gasteiger partial charge in [0.1, 0.15) is 18.1 Å². The fraction of sp³-hybridized carbons (Fsp3) is 0.348. The first-order chi connectivity index (χ1) is 15.6. The minimum atomic E-state index is -4.71. The lowest BCUT2D eigenvalue weighted by molar-refractivity contribution is -0.138. The van der Waals surface area contributed by atoms with E-state index in [0.717, 1.165) is 5.56 Å². The number of oxime groups is 1. The van der Waals surface area contributed by atoms with Crippen molar-refractivity contribution in [2.45, 2.75) is 45.2 Å². The average molecular weight is 466 g/mol. The predicted molar refractivity (Wildman–Crippen MR) is 112 cm³/mol. The first kappa shape index (κ1) is 24.2. The van der Waals surface area contributed by atoms with Gasteiger partial charge in [0, 0.05) is 19.0 Å². The minimum Gasteiger partial charge on any atom is -0.511 e. The number of carbonyl (C=O) groups excluding carboxylic acids is 1. The summed E-state index contributed by atoms with van der Waals surface area (Å²) in [4.78, 5) is 21.1. The molecule has 0 amide bonds. The van der Waals surface area contributed by atoms with Crippen molar-refractivity contribution in [1.29, 1.82) is 0 Å². The zero-order chi connectivity index (χ0) is 24.2. The van der Waals surface area contributed by atoms with Gasteiger partial charge in [-0.2, -0.15) is 13.2 Å². The Morgan fingerprint density at radius 1 is 1.21 bits per heavy atom. The number of rotatable bonds is 7. The van der Waals surface area contributed by atoms with Crippen LogP contribution in [0.2, 0.25) is 0 Å². The van der Waals surface area contributed by atoms with Crippen LogP contribution in [0.1, 0.15) is 50.2 Å². The monoisotopic (exact) mass is 466 g/mol. The van der Waals surface area contributed by atoms with Crippen LogP contribution in [0.5, 0.6) is 11.6 Å². The van der Waals surface area contributed by atoms with Gasteiger partial charge in [0.25, 0.3) is 5.88 Å². The quantitative estimate of drug-likeness (QED) is 0.303. The number of hydrogen-bond acceptors (Lipinski definition) is 6. The molecule has 2 aromatic rings. The van der Waals surface area contributed by atoms with Crippen molar-refractivity contribution in [1.82, 2.24) is 4.98 Å². The number of hydrogen-bond donors (Lipinski definition) is 1. The van der Waals surface area contributed by atoms with Gasteiger partial charge in [0.05, 0.1) is 16.8 Å². The number of allylic oxidation sites excluding steroid dienone is 2. The summed E-state index contributed by atoms with van der Waals surface area (Å²) in [7, 11) is 0. The number of Topliss-reactive ketones (excluding diaryl/α,β-unsaturated/α-hetero) is 1. The third-order valence-electron chi connectivity index (χ3n) is 5.07. The van der Waals surface area contributed by atoms with Crippen LogP contribution in [0, 0.1) is 5.82 Å². The van der Waals surface area contributed by atoms with E-state index in [4.69, 9.17) is 9.57 Å². The van der Waals surface area contributed by atoms with Gasteiger partial charge in [0.15, 0.2) is 11.6 Å². The number of ketones is 1. The summed E-state index contributed by atoms with van der Waals surface area (Å²) < 4.78 is 57.1. The molecule has 1 atom stereocenters. The van der Waals surface area contributed by atoms with Gasteiger partial charge < -0.3 is 14.7 Å². The van der Waals surface area contributed by atoms with E-state index in [1.54, 1.807) is 19.1 Å². The number of aliphatic hydroxyl groups excluding tert-OH is 1. The molecule has 1 aromatic heterocycles. The topological polar surface area (TPSA) is 81.0 Å². The lowest BCUT2D eigenvalue weighted by Crippen LogP contribution is -2.23. The van der Waals surface area contributed by atoms with Crippen LogP contribution in [0.25, 0.3) is 0 Å². The third-order valence-corrected chi connectivity index (χ3v) is 5.07. The summed E-state index contributed by atoms with van der Waals surface area (Å²) in [6, 6.07) is 6.58. The number of nitrogens with zero attached hydrogens (tertiary/aromatic N) is 2. The Morgan fingerprint density at radius 2 is 1.91 bits per heavy atom. The van der Waals surface area contributed by atoms with Gasteiger partial charge in [-0.15, -0.1) is 0 Å². The number of aliphatic hydroxyl groups is 1. The first-order valence-corrected chi connectivity index (χ1v) is 10.3. The van der Waals surface area contributed by atoms with E-state index in [0.29, 0.717) is 31.0 Å². The number of benzene rings is 1. The Morgan fingerprint density at radius 3 is 2.45 bits per heavy atom. The Hall–Kier alpha value is -3.43. The molecule has 0 spiro atoms. The van der Waals surface area contributed by atoms with Gasteiger partial charge in [-0.25, -0.2) is 9.37 Å². The summed E-state index contributed by atoms with van der Waals surface area (Å²) in [5.41, 5.74) is 0.106. The van der Waals surface area contributed by atoms with Crippen molar-refractivity contribution >= 4 is 11.5 Å². The van der Waals surface area contributed by atoms with Crippen LogP contribution in [-0.4, -0.2) is 28.2 Å². The van der Waals surface area contributed by atoms with Crippen LogP contribution in [-0.2, 0) is 15.8 Å². The Kier molecular flexibility index (Phi) is 7.35. The van der Waals surface area contributed by atoms with Gasteiger partial charge >= 0.3 is 6.18 Å². The maximum Gasteiger partial charge on any atom is 0.417 e. The predicted octanol–water partition coefficient (Wildman–Crippen LogP) is 6.09. The normalized spacial score (nSPS) is 17.3. The number of alkyl halides is 3. The van der Waals surface area contributed by atoms with E-state index in [-0.39, 0.29) is 41.6 Å². The first-order valence-electron chi connectivity index (χ1n) is 10.3. The van der Waals surface area contributed by atoms with Crippen molar-refractivity contribution in [2.75, 3.05) is 6.61 Å². The van der Waals surface area contributed by atoms with E-state index in [1.165, 1.54) is 12.1 Å². The molecule has 0 radical (unpaired) electrons. The molecule has 6 nitrogen and oxygen atoms in total. The second kappa shape index (κ2) is 10.0. The lowest BCUT2D eigenvalue weighted by Gasteiger charge is -2.24. The highest BCUT2D eigenvalue weighted by Crippen LogP contribution is 2.36. The van der Waals surface area contributed by atoms with Gasteiger partial charge in [0.2, 0.25) is 0 Å². The van der Waals surface area contributed by atoms with Crippen LogP contribution in [0.4, 0.5) is 17.6 Å². The summed E-state index contributed by atoms with van der Waals surface area (Å²) in [5.74, 6) is -2.27. The smallest absolute Gasteiger partial charge is 0.417 e. The van der Waals surface area contributed by atoms with Crippen molar-refractivity contribution in [3.63, 3.8) is 0 Å². The van der Waals surface area contributed by atoms with Crippen LogP contribution in [0.3, 0.4) is 0 Å². The van der Waals surface area contributed by atoms with E-state index < -0.39 is 23.4 Å². The van der Waals surface area contributed by atoms with Crippen molar-refractivity contribution in [3.8, 4) is 11.6 Å². The standard InChI is InChI=1S/C23H22F4N2O4/c1-3-18(29-32-4-2)21-19(30)9-14(10-20(21)31)13-5-7-16(8-6-13)33-22-17(24)11-15(12-28-22)23(25,26)27/h5-8,11-12,14,30H,3-4,9-10H2,1-2H3/b29-18-. The van der Waals surface area contributed by atoms with E-state index in [2.05, 4.69) is 10.1 Å². The molecule has 0 fully saturated rings. The Balaban J connectivity index is 1.74. The number of pyridine rings is 1. The molecule has 1 heterocycles. The van der Waals surface area contributed by atoms with Gasteiger partial charge in [-0.1, -0.05) is 24.2 Å². The van der Waals surface area contributed by atoms with E-state index >= 15 is 0 Å². The summed E-state index contributed by atoms with van der Waals surface area (Å²) >= 11 is 0. The molecule has 33 heavy (non-hydrogen) atoms. The molecule has 0 saturated carbocycles. The molecule has 0 saturated heterocycles. The molecule has 1 N–H and O–H groups in total. The lowest BCUT2D eigenvalue weighted by atomic mass is 9.81. The number of carbonyl (C=O) groups is 1. The zero-order valence-electron chi connectivity index (χ0n) is 17.9. The van der Waals surface area contributed by atoms with Crippen LogP contribution < -0.4 is 4.74 Å². The second-order valence-corrected chi connectivity index (χ2v) is 7.34. The SMILES string of the molecule is CCO/N=C(/CC)C1=C(O)CC(c2ccc(Oc3ncc(C(F)(F)F)cc3F)cc2)CC1=O. The van der Waals surface area contributed by atoms with Crippen molar-refractivity contribution < 1.29 is 37.0 Å². The fourth-order valence-corrected chi connectivity index (χ4v) is 3.46. The summed E-state index contributed by atoms with van der Waals surface area (Å²) in [6.45, 7) is 3.92. The molecule has 176 valence electrons. The Bertz CT molecular complexity index is 1080. The zero-order valence-corrected chi connectivity index (χ0v) is 17.9. The number of halogens is 4. The second-order valence-electron chi connectivity index (χ2n) is 7.34. The summed E-state index contributed by atoms with van der Waals surface area (Å²) in [5, 5.41) is 14.4. The molecule has 1 aromatic carbocycles. The number of ether oxygens (including phenoxy) is 1. The maximum atomic E-state index is 14.0. The van der Waals surface area contributed by atoms with Crippen molar-refractivity contribution in [3.05, 3.63) is 64.8 Å². The third kappa shape index (κ3) is 5.68. The molecule has 1 aliphatic rings. The molecule has 0 bridgehead atoms. The fourth-order valence-electron chi connectivity index (χ4n) is 3.46. The van der Waals surface area contributed by atoms with Crippen LogP contribution in [0.15, 0.2) is 53.0 Å². The molecule has 1 aliphatic carbocycles. The van der Waals surface area contributed by atoms with Gasteiger partial charge in [-0.3, -0.25) is 4.79 Å². The molecule has 3 rings (SSSR count). The maximum absolute atomic E-state index is 14.0. The minimum absolute atomic E-state index is 0.0621.